The quantitative estimate of drug-likeness (QED) is 0.750. The van der Waals surface area contributed by atoms with Crippen LogP contribution in [0.3, 0.4) is 0 Å². The Morgan fingerprint density at radius 2 is 2.04 bits per heavy atom. The number of carbonyl (C=O) groups is 2. The molecule has 1 aromatic carbocycles. The lowest BCUT2D eigenvalue weighted by Crippen LogP contribution is -2.49. The van der Waals surface area contributed by atoms with Crippen LogP contribution < -0.4 is 5.32 Å². The zero-order valence-electron chi connectivity index (χ0n) is 15.5. The molecule has 142 valence electrons. The average molecular weight is 359 g/mol. The minimum Gasteiger partial charge on any atom is -0.383 e. The molecular weight excluding hydrogens is 330 g/mol. The van der Waals surface area contributed by atoms with Gasteiger partial charge in [-0.2, -0.15) is 0 Å². The minimum atomic E-state index is 0.0164. The molecule has 0 aromatic heterocycles. The zero-order chi connectivity index (χ0) is 18.4. The van der Waals surface area contributed by atoms with E-state index in [-0.39, 0.29) is 23.8 Å². The molecule has 0 saturated carbocycles. The lowest BCUT2D eigenvalue weighted by molar-refractivity contribution is -0.140. The van der Waals surface area contributed by atoms with Gasteiger partial charge in [-0.3, -0.25) is 14.5 Å². The van der Waals surface area contributed by atoms with Gasteiger partial charge in [0.25, 0.3) is 0 Å². The van der Waals surface area contributed by atoms with Crippen LogP contribution in [0, 0.1) is 5.92 Å². The summed E-state index contributed by atoms with van der Waals surface area (Å²) in [7, 11) is 1.66. The molecule has 0 aliphatic carbocycles. The number of nitrogens with zero attached hydrogens (tertiary/aromatic N) is 2. The molecule has 2 atom stereocenters. The highest BCUT2D eigenvalue weighted by Crippen LogP contribution is 2.28. The van der Waals surface area contributed by atoms with Gasteiger partial charge < -0.3 is 15.0 Å². The summed E-state index contributed by atoms with van der Waals surface area (Å²) < 4.78 is 5.14. The van der Waals surface area contributed by atoms with E-state index in [1.807, 2.05) is 23.1 Å². The lowest BCUT2D eigenvalue weighted by atomic mass is 9.94. The smallest absolute Gasteiger partial charge is 0.234 e. The first kappa shape index (κ1) is 18.9. The van der Waals surface area contributed by atoms with Crippen molar-refractivity contribution in [3.63, 3.8) is 0 Å². The van der Waals surface area contributed by atoms with Crippen molar-refractivity contribution in [2.75, 3.05) is 46.4 Å². The SMILES string of the molecule is COCCN1C(=O)[C@@H]2CC[C@H]1CN(CC(=O)NCCc1ccccc1)C2. The number of methoxy groups -OCH3 is 1. The van der Waals surface area contributed by atoms with E-state index in [9.17, 15) is 9.59 Å². The highest BCUT2D eigenvalue weighted by atomic mass is 16.5. The summed E-state index contributed by atoms with van der Waals surface area (Å²) >= 11 is 0. The third-order valence-corrected chi connectivity index (χ3v) is 5.35. The van der Waals surface area contributed by atoms with Crippen molar-refractivity contribution in [2.45, 2.75) is 25.3 Å². The number of carbonyl (C=O) groups excluding carboxylic acids is 2. The molecule has 6 heteroatoms. The first-order valence-corrected chi connectivity index (χ1v) is 9.49. The molecule has 3 fully saturated rings. The first-order chi connectivity index (χ1) is 12.7. The number of nitrogens with one attached hydrogen (secondary N) is 1. The number of hydrogen-bond acceptors (Lipinski definition) is 4. The van der Waals surface area contributed by atoms with Crippen LogP contribution in [0.25, 0.3) is 0 Å². The fourth-order valence-corrected chi connectivity index (χ4v) is 3.99. The Bertz CT molecular complexity index is 608. The third kappa shape index (κ3) is 4.83. The molecule has 2 amide bonds. The van der Waals surface area contributed by atoms with Crippen LogP contribution in [0.5, 0.6) is 0 Å². The van der Waals surface area contributed by atoms with Crippen molar-refractivity contribution < 1.29 is 14.3 Å². The highest BCUT2D eigenvalue weighted by molar-refractivity contribution is 5.81. The van der Waals surface area contributed by atoms with Gasteiger partial charge in [0, 0.05) is 39.3 Å². The number of piperidine rings is 1. The van der Waals surface area contributed by atoms with E-state index in [2.05, 4.69) is 22.3 Å². The van der Waals surface area contributed by atoms with Gasteiger partial charge in [0.1, 0.15) is 0 Å². The predicted octanol–water partition coefficient (Wildman–Crippen LogP) is 0.915. The molecule has 1 N–H and O–H groups in total. The standard InChI is InChI=1S/C20H29N3O3/c1-26-12-11-23-18-8-7-17(20(23)25)13-22(14-18)15-19(24)21-10-9-16-5-3-2-4-6-16/h2-6,17-18H,7-15H2,1H3,(H,21,24)/t17-,18+/m1/s1. The van der Waals surface area contributed by atoms with E-state index < -0.39 is 0 Å². The maximum Gasteiger partial charge on any atom is 0.234 e. The zero-order valence-corrected chi connectivity index (χ0v) is 15.5. The van der Waals surface area contributed by atoms with Crippen molar-refractivity contribution in [1.29, 1.82) is 0 Å². The summed E-state index contributed by atoms with van der Waals surface area (Å²) in [6.07, 6.45) is 2.78. The molecule has 3 aliphatic heterocycles. The van der Waals surface area contributed by atoms with Crippen molar-refractivity contribution >= 4 is 11.8 Å². The van der Waals surface area contributed by atoms with Gasteiger partial charge in [-0.1, -0.05) is 30.3 Å². The van der Waals surface area contributed by atoms with Crippen LogP contribution in [-0.2, 0) is 20.7 Å². The highest BCUT2D eigenvalue weighted by Gasteiger charge is 2.40. The van der Waals surface area contributed by atoms with E-state index in [1.165, 1.54) is 5.56 Å². The van der Waals surface area contributed by atoms with E-state index in [0.717, 1.165) is 25.8 Å². The van der Waals surface area contributed by atoms with Crippen molar-refractivity contribution in [1.82, 2.24) is 15.1 Å². The van der Waals surface area contributed by atoms with Gasteiger partial charge in [0.05, 0.1) is 19.1 Å². The number of rotatable bonds is 8. The summed E-state index contributed by atoms with van der Waals surface area (Å²) in [5, 5.41) is 3.01. The summed E-state index contributed by atoms with van der Waals surface area (Å²) in [6.45, 7) is 3.68. The fraction of sp³-hybridized carbons (Fsp3) is 0.600. The largest absolute Gasteiger partial charge is 0.383 e. The molecule has 3 heterocycles. The second-order valence-corrected chi connectivity index (χ2v) is 7.23. The Balaban J connectivity index is 1.47. The first-order valence-electron chi connectivity index (χ1n) is 9.49. The number of fused-ring (bicyclic) bond motifs is 4. The Hall–Kier alpha value is -1.92. The molecule has 0 radical (unpaired) electrons. The topological polar surface area (TPSA) is 61.9 Å². The summed E-state index contributed by atoms with van der Waals surface area (Å²) in [5.74, 6) is 0.283. The van der Waals surface area contributed by atoms with Gasteiger partial charge >= 0.3 is 0 Å². The normalized spacial score (nSPS) is 23.1. The van der Waals surface area contributed by atoms with Crippen LogP contribution in [0.4, 0.5) is 0 Å². The van der Waals surface area contributed by atoms with E-state index in [0.29, 0.717) is 32.8 Å². The van der Waals surface area contributed by atoms with Crippen molar-refractivity contribution in [2.24, 2.45) is 5.92 Å². The Morgan fingerprint density at radius 1 is 1.23 bits per heavy atom. The molecule has 6 nitrogen and oxygen atoms in total. The molecule has 3 saturated heterocycles. The maximum absolute atomic E-state index is 12.6. The van der Waals surface area contributed by atoms with Gasteiger partial charge in [-0.15, -0.1) is 0 Å². The van der Waals surface area contributed by atoms with Crippen LogP contribution in [-0.4, -0.2) is 74.1 Å². The van der Waals surface area contributed by atoms with Gasteiger partial charge in [-0.25, -0.2) is 0 Å². The van der Waals surface area contributed by atoms with E-state index in [1.54, 1.807) is 7.11 Å². The fourth-order valence-electron chi connectivity index (χ4n) is 3.99. The average Bonchev–Trinajstić information content (AvgIpc) is 2.91. The third-order valence-electron chi connectivity index (χ3n) is 5.35. The number of hydrogen-bond donors (Lipinski definition) is 1. The Labute approximate surface area is 155 Å². The molecular formula is C20H29N3O3. The molecule has 3 aliphatic rings. The van der Waals surface area contributed by atoms with Crippen LogP contribution in [0.15, 0.2) is 30.3 Å². The second kappa shape index (κ2) is 9.14. The number of ether oxygens (including phenoxy) is 1. The van der Waals surface area contributed by atoms with Gasteiger partial charge in [0.15, 0.2) is 0 Å². The minimum absolute atomic E-state index is 0.0164. The molecule has 1 aromatic rings. The number of amides is 2. The van der Waals surface area contributed by atoms with Crippen molar-refractivity contribution in [3.05, 3.63) is 35.9 Å². The van der Waals surface area contributed by atoms with E-state index >= 15 is 0 Å². The predicted molar refractivity (Wildman–Crippen MR) is 99.7 cm³/mol. The molecule has 26 heavy (non-hydrogen) atoms. The molecule has 4 rings (SSSR count). The summed E-state index contributed by atoms with van der Waals surface area (Å²) in [6, 6.07) is 10.4. The summed E-state index contributed by atoms with van der Waals surface area (Å²) in [5.41, 5.74) is 1.22. The Kier molecular flexibility index (Phi) is 6.63. The van der Waals surface area contributed by atoms with Crippen LogP contribution >= 0.6 is 0 Å². The van der Waals surface area contributed by atoms with Crippen LogP contribution in [0.1, 0.15) is 18.4 Å². The molecule has 2 bridgehead atoms. The van der Waals surface area contributed by atoms with Gasteiger partial charge in [-0.05, 0) is 24.8 Å². The Morgan fingerprint density at radius 3 is 2.81 bits per heavy atom. The van der Waals surface area contributed by atoms with Gasteiger partial charge in [0.2, 0.25) is 11.8 Å². The molecule has 0 spiro atoms. The molecule has 0 unspecified atom stereocenters. The lowest BCUT2D eigenvalue weighted by Gasteiger charge is -2.35. The van der Waals surface area contributed by atoms with E-state index in [4.69, 9.17) is 4.74 Å². The van der Waals surface area contributed by atoms with Crippen LogP contribution in [0.2, 0.25) is 0 Å². The van der Waals surface area contributed by atoms with Crippen molar-refractivity contribution in [3.8, 4) is 0 Å². The second-order valence-electron chi connectivity index (χ2n) is 7.23. The summed E-state index contributed by atoms with van der Waals surface area (Å²) in [4.78, 5) is 29.0. The number of benzene rings is 1. The monoisotopic (exact) mass is 359 g/mol. The maximum atomic E-state index is 12.6.